The number of thioether (sulfide) groups is 1. The Hall–Kier alpha value is -3.78. The lowest BCUT2D eigenvalue weighted by atomic mass is 10.0. The molecule has 3 aromatic carbocycles. The van der Waals surface area contributed by atoms with E-state index in [1.54, 1.807) is 30.3 Å². The molecule has 0 aliphatic carbocycles. The molecule has 7 nitrogen and oxygen atoms in total. The molecule has 0 bridgehead atoms. The summed E-state index contributed by atoms with van der Waals surface area (Å²) in [6, 6.07) is 18.4. The minimum absolute atomic E-state index is 0.246. The molecule has 4 rings (SSSR count). The van der Waals surface area contributed by atoms with E-state index in [1.807, 2.05) is 50.2 Å². The van der Waals surface area contributed by atoms with Crippen molar-refractivity contribution in [1.29, 1.82) is 0 Å². The summed E-state index contributed by atoms with van der Waals surface area (Å²) in [6.45, 7) is 4.41. The average Bonchev–Trinajstić information content (AvgIpc) is 3.09. The molecule has 0 radical (unpaired) electrons. The molecule has 0 atom stereocenters. The second-order valence-corrected chi connectivity index (χ2v) is 8.40. The van der Waals surface area contributed by atoms with Crippen molar-refractivity contribution in [2.45, 2.75) is 13.8 Å². The van der Waals surface area contributed by atoms with Crippen molar-refractivity contribution in [2.24, 2.45) is 0 Å². The highest BCUT2D eigenvalue weighted by molar-refractivity contribution is 8.18. The Kier molecular flexibility index (Phi) is 7.18. The zero-order valence-corrected chi connectivity index (χ0v) is 19.7. The van der Waals surface area contributed by atoms with Crippen molar-refractivity contribution in [3.05, 3.63) is 71.1 Å². The number of hydrogen-bond donors (Lipinski definition) is 1. The van der Waals surface area contributed by atoms with E-state index in [9.17, 15) is 14.4 Å². The van der Waals surface area contributed by atoms with Crippen molar-refractivity contribution in [1.82, 2.24) is 4.90 Å². The number of benzene rings is 3. The summed E-state index contributed by atoms with van der Waals surface area (Å²) in [5.74, 6) is 0.345. The van der Waals surface area contributed by atoms with E-state index in [1.165, 1.54) is 0 Å². The summed E-state index contributed by atoms with van der Waals surface area (Å²) >= 11 is 0.814. The SMILES string of the molecule is CCOc1ccc(NC(=O)CN2C(=O)S/C(=C/c3c(OCC)ccc4ccccc34)C2=O)cc1. The number of carbonyl (C=O) groups is 3. The standard InChI is InChI=1S/C26H24N2O5S/c1-3-32-19-12-10-18(11-13-19)27-24(29)16-28-25(30)23(34-26(28)31)15-21-20-8-6-5-7-17(20)9-14-22(21)33-4-2/h5-15H,3-4,16H2,1-2H3,(H,27,29)/b23-15+. The van der Waals surface area contributed by atoms with Crippen LogP contribution in [0.25, 0.3) is 16.8 Å². The van der Waals surface area contributed by atoms with E-state index in [-0.39, 0.29) is 11.4 Å². The zero-order valence-electron chi connectivity index (χ0n) is 18.9. The van der Waals surface area contributed by atoms with Gasteiger partial charge in [0.2, 0.25) is 5.91 Å². The third-order valence-electron chi connectivity index (χ3n) is 5.13. The van der Waals surface area contributed by atoms with Gasteiger partial charge in [-0.25, -0.2) is 0 Å². The number of imide groups is 1. The molecule has 3 aromatic rings. The summed E-state index contributed by atoms with van der Waals surface area (Å²) in [5, 5.41) is 4.12. The summed E-state index contributed by atoms with van der Waals surface area (Å²) < 4.78 is 11.1. The molecule has 34 heavy (non-hydrogen) atoms. The molecule has 0 saturated carbocycles. The highest BCUT2D eigenvalue weighted by atomic mass is 32.2. The Morgan fingerprint density at radius 2 is 1.71 bits per heavy atom. The van der Waals surface area contributed by atoms with Gasteiger partial charge in [0.15, 0.2) is 0 Å². The van der Waals surface area contributed by atoms with Gasteiger partial charge in [0, 0.05) is 11.3 Å². The van der Waals surface area contributed by atoms with Crippen LogP contribution in [0.2, 0.25) is 0 Å². The maximum atomic E-state index is 13.0. The molecule has 0 spiro atoms. The second kappa shape index (κ2) is 10.4. The third kappa shape index (κ3) is 5.07. The summed E-state index contributed by atoms with van der Waals surface area (Å²) in [7, 11) is 0. The van der Waals surface area contributed by atoms with Gasteiger partial charge in [-0.2, -0.15) is 0 Å². The van der Waals surface area contributed by atoms with Gasteiger partial charge in [-0.1, -0.05) is 30.3 Å². The van der Waals surface area contributed by atoms with Gasteiger partial charge in [0.25, 0.3) is 11.1 Å². The lowest BCUT2D eigenvalue weighted by Crippen LogP contribution is -2.36. The van der Waals surface area contributed by atoms with E-state index in [2.05, 4.69) is 5.32 Å². The van der Waals surface area contributed by atoms with Crippen molar-refractivity contribution in [3.8, 4) is 11.5 Å². The highest BCUT2D eigenvalue weighted by Gasteiger charge is 2.36. The molecule has 1 saturated heterocycles. The normalized spacial score (nSPS) is 14.6. The van der Waals surface area contributed by atoms with Gasteiger partial charge >= 0.3 is 0 Å². The molecule has 1 N–H and O–H groups in total. The van der Waals surface area contributed by atoms with Crippen LogP contribution in [-0.2, 0) is 9.59 Å². The topological polar surface area (TPSA) is 84.9 Å². The van der Waals surface area contributed by atoms with Crippen molar-refractivity contribution in [3.63, 3.8) is 0 Å². The predicted molar refractivity (Wildman–Crippen MR) is 134 cm³/mol. The number of rotatable bonds is 8. The summed E-state index contributed by atoms with van der Waals surface area (Å²) in [6.07, 6.45) is 1.67. The molecule has 1 aliphatic heterocycles. The fourth-order valence-corrected chi connectivity index (χ4v) is 4.44. The minimum atomic E-state index is -0.507. The van der Waals surface area contributed by atoms with Crippen molar-refractivity contribution >= 4 is 51.4 Å². The Labute approximate surface area is 201 Å². The first-order valence-electron chi connectivity index (χ1n) is 10.9. The van der Waals surface area contributed by atoms with Crippen LogP contribution in [-0.4, -0.2) is 41.7 Å². The van der Waals surface area contributed by atoms with Gasteiger partial charge in [0.1, 0.15) is 18.0 Å². The Bertz CT molecular complexity index is 1270. The zero-order chi connectivity index (χ0) is 24.1. The minimum Gasteiger partial charge on any atom is -0.494 e. The lowest BCUT2D eigenvalue weighted by Gasteiger charge is -2.13. The van der Waals surface area contributed by atoms with Crippen LogP contribution in [0.3, 0.4) is 0 Å². The molecule has 1 aliphatic rings. The van der Waals surface area contributed by atoms with E-state index in [4.69, 9.17) is 9.47 Å². The van der Waals surface area contributed by atoms with Crippen LogP contribution < -0.4 is 14.8 Å². The Morgan fingerprint density at radius 3 is 2.44 bits per heavy atom. The fraction of sp³-hybridized carbons (Fsp3) is 0.192. The number of fused-ring (bicyclic) bond motifs is 1. The van der Waals surface area contributed by atoms with Crippen LogP contribution in [0, 0.1) is 0 Å². The van der Waals surface area contributed by atoms with Gasteiger partial charge in [0.05, 0.1) is 18.1 Å². The van der Waals surface area contributed by atoms with Crippen LogP contribution in [0.15, 0.2) is 65.6 Å². The van der Waals surface area contributed by atoms with Crippen LogP contribution in [0.1, 0.15) is 19.4 Å². The largest absolute Gasteiger partial charge is 0.494 e. The average molecular weight is 477 g/mol. The Balaban J connectivity index is 1.53. The van der Waals surface area contributed by atoms with E-state index >= 15 is 0 Å². The smallest absolute Gasteiger partial charge is 0.294 e. The van der Waals surface area contributed by atoms with Gasteiger partial charge in [-0.15, -0.1) is 0 Å². The number of nitrogens with zero attached hydrogens (tertiary/aromatic N) is 1. The number of hydrogen-bond acceptors (Lipinski definition) is 6. The lowest BCUT2D eigenvalue weighted by molar-refractivity contribution is -0.127. The second-order valence-electron chi connectivity index (χ2n) is 7.40. The van der Waals surface area contributed by atoms with E-state index in [0.717, 1.165) is 33.0 Å². The van der Waals surface area contributed by atoms with E-state index < -0.39 is 17.1 Å². The molecule has 0 unspecified atom stereocenters. The predicted octanol–water partition coefficient (Wildman–Crippen LogP) is 5.31. The van der Waals surface area contributed by atoms with Crippen LogP contribution in [0.5, 0.6) is 11.5 Å². The highest BCUT2D eigenvalue weighted by Crippen LogP contribution is 2.36. The van der Waals surface area contributed by atoms with Crippen molar-refractivity contribution < 1.29 is 23.9 Å². The van der Waals surface area contributed by atoms with Gasteiger partial charge < -0.3 is 14.8 Å². The molecule has 174 valence electrons. The van der Waals surface area contributed by atoms with Crippen molar-refractivity contribution in [2.75, 3.05) is 25.1 Å². The Morgan fingerprint density at radius 1 is 0.971 bits per heavy atom. The van der Waals surface area contributed by atoms with Gasteiger partial charge in [-0.05, 0) is 72.8 Å². The fourth-order valence-electron chi connectivity index (χ4n) is 3.62. The third-order valence-corrected chi connectivity index (χ3v) is 6.04. The van der Waals surface area contributed by atoms with Crippen LogP contribution >= 0.6 is 11.8 Å². The molecule has 8 heteroatoms. The maximum absolute atomic E-state index is 13.0. The number of anilines is 1. The monoisotopic (exact) mass is 476 g/mol. The molecular weight excluding hydrogens is 452 g/mol. The van der Waals surface area contributed by atoms with Gasteiger partial charge in [-0.3, -0.25) is 19.3 Å². The summed E-state index contributed by atoms with van der Waals surface area (Å²) in [4.78, 5) is 39.3. The van der Waals surface area contributed by atoms with Crippen LogP contribution in [0.4, 0.5) is 10.5 Å². The maximum Gasteiger partial charge on any atom is 0.294 e. The first-order chi connectivity index (χ1) is 16.5. The molecular formula is C26H24N2O5S. The number of carbonyl (C=O) groups excluding carboxylic acids is 3. The first kappa shape index (κ1) is 23.4. The first-order valence-corrected chi connectivity index (χ1v) is 11.7. The number of nitrogens with one attached hydrogen (secondary N) is 1. The number of amides is 3. The number of ether oxygens (including phenoxy) is 2. The summed E-state index contributed by atoms with van der Waals surface area (Å²) in [5.41, 5.74) is 1.28. The quantitative estimate of drug-likeness (QED) is 0.444. The van der Waals surface area contributed by atoms with E-state index in [0.29, 0.717) is 30.4 Å². The molecule has 1 fully saturated rings. The molecule has 1 heterocycles. The molecule has 0 aromatic heterocycles. The molecule has 3 amide bonds.